The third kappa shape index (κ3) is 2.88. The molecule has 0 spiro atoms. The summed E-state index contributed by atoms with van der Waals surface area (Å²) in [7, 11) is 0. The molecule has 0 saturated carbocycles. The van der Waals surface area contributed by atoms with Gasteiger partial charge in [-0.2, -0.15) is 0 Å². The SMILES string of the molecule is CCc1[nH]c(=O)c(-c2cccc(C)c2)cc1Nc1ccnc2[nH]ccc12. The number of nitrogens with zero attached hydrogens (tertiary/aromatic N) is 1. The summed E-state index contributed by atoms with van der Waals surface area (Å²) in [5.41, 5.74) is 6.19. The summed E-state index contributed by atoms with van der Waals surface area (Å²) in [5, 5.41) is 4.49. The Labute approximate surface area is 151 Å². The average molecular weight is 344 g/mol. The Kier molecular flexibility index (Phi) is 4.05. The van der Waals surface area contributed by atoms with Crippen LogP contribution >= 0.6 is 0 Å². The number of aromatic amines is 2. The number of aromatic nitrogens is 3. The van der Waals surface area contributed by atoms with Crippen molar-refractivity contribution < 1.29 is 0 Å². The molecule has 0 bridgehead atoms. The van der Waals surface area contributed by atoms with E-state index < -0.39 is 0 Å². The predicted octanol–water partition coefficient (Wildman–Crippen LogP) is 4.53. The van der Waals surface area contributed by atoms with Gasteiger partial charge in [-0.15, -0.1) is 0 Å². The molecule has 3 heterocycles. The molecular weight excluding hydrogens is 324 g/mol. The lowest BCUT2D eigenvalue weighted by atomic mass is 10.0. The number of H-pyrrole nitrogens is 2. The average Bonchev–Trinajstić information content (AvgIpc) is 3.12. The van der Waals surface area contributed by atoms with Gasteiger partial charge in [0.2, 0.25) is 0 Å². The smallest absolute Gasteiger partial charge is 0.256 e. The van der Waals surface area contributed by atoms with Crippen LogP contribution in [0.4, 0.5) is 11.4 Å². The second-order valence-electron chi connectivity index (χ2n) is 6.35. The van der Waals surface area contributed by atoms with Crippen LogP contribution in [0.25, 0.3) is 22.2 Å². The molecule has 0 amide bonds. The van der Waals surface area contributed by atoms with Gasteiger partial charge < -0.3 is 15.3 Å². The van der Waals surface area contributed by atoms with Gasteiger partial charge in [-0.05, 0) is 37.1 Å². The molecule has 0 radical (unpaired) electrons. The molecule has 0 aliphatic carbocycles. The van der Waals surface area contributed by atoms with E-state index in [1.165, 1.54) is 0 Å². The monoisotopic (exact) mass is 344 g/mol. The largest absolute Gasteiger partial charge is 0.353 e. The first-order valence-corrected chi connectivity index (χ1v) is 8.68. The van der Waals surface area contributed by atoms with Crippen LogP contribution in [0.1, 0.15) is 18.2 Å². The van der Waals surface area contributed by atoms with Crippen molar-refractivity contribution in [3.63, 3.8) is 0 Å². The summed E-state index contributed by atoms with van der Waals surface area (Å²) < 4.78 is 0. The van der Waals surface area contributed by atoms with Gasteiger partial charge in [0.25, 0.3) is 5.56 Å². The highest BCUT2D eigenvalue weighted by Gasteiger charge is 2.11. The minimum Gasteiger partial charge on any atom is -0.353 e. The van der Waals surface area contributed by atoms with Crippen molar-refractivity contribution in [1.29, 1.82) is 0 Å². The molecule has 4 rings (SSSR count). The molecule has 4 aromatic rings. The van der Waals surface area contributed by atoms with Gasteiger partial charge in [0.15, 0.2) is 0 Å². The first kappa shape index (κ1) is 16.1. The predicted molar refractivity (Wildman–Crippen MR) is 106 cm³/mol. The van der Waals surface area contributed by atoms with Gasteiger partial charge in [-0.1, -0.05) is 36.8 Å². The molecular formula is C21H20N4O. The molecule has 0 atom stereocenters. The molecule has 0 unspecified atom stereocenters. The fourth-order valence-electron chi connectivity index (χ4n) is 3.20. The fraction of sp³-hybridized carbons (Fsp3) is 0.143. The highest BCUT2D eigenvalue weighted by atomic mass is 16.1. The molecule has 0 saturated heterocycles. The number of benzene rings is 1. The fourth-order valence-corrected chi connectivity index (χ4v) is 3.20. The lowest BCUT2D eigenvalue weighted by molar-refractivity contribution is 1.02. The van der Waals surface area contributed by atoms with Crippen molar-refractivity contribution in [2.75, 3.05) is 5.32 Å². The maximum Gasteiger partial charge on any atom is 0.256 e. The van der Waals surface area contributed by atoms with Crippen LogP contribution < -0.4 is 10.9 Å². The van der Waals surface area contributed by atoms with E-state index in [1.807, 2.05) is 62.5 Å². The van der Waals surface area contributed by atoms with E-state index in [-0.39, 0.29) is 5.56 Å². The molecule has 3 N–H and O–H groups in total. The third-order valence-corrected chi connectivity index (χ3v) is 4.53. The minimum absolute atomic E-state index is 0.0699. The Balaban J connectivity index is 1.84. The van der Waals surface area contributed by atoms with Gasteiger partial charge in [-0.25, -0.2) is 4.98 Å². The second kappa shape index (κ2) is 6.52. The minimum atomic E-state index is -0.0699. The van der Waals surface area contributed by atoms with Crippen molar-refractivity contribution in [3.8, 4) is 11.1 Å². The van der Waals surface area contributed by atoms with Crippen LogP contribution in [-0.2, 0) is 6.42 Å². The van der Waals surface area contributed by atoms with Crippen molar-refractivity contribution in [2.45, 2.75) is 20.3 Å². The second-order valence-corrected chi connectivity index (χ2v) is 6.35. The van der Waals surface area contributed by atoms with E-state index in [1.54, 1.807) is 6.20 Å². The molecule has 0 aliphatic rings. The zero-order valence-electron chi connectivity index (χ0n) is 14.8. The number of rotatable bonds is 4. The van der Waals surface area contributed by atoms with Gasteiger partial charge in [0.1, 0.15) is 5.65 Å². The molecule has 26 heavy (non-hydrogen) atoms. The summed E-state index contributed by atoms with van der Waals surface area (Å²) in [5.74, 6) is 0. The Hall–Kier alpha value is -3.34. The maximum atomic E-state index is 12.6. The summed E-state index contributed by atoms with van der Waals surface area (Å²) >= 11 is 0. The van der Waals surface area contributed by atoms with Crippen molar-refractivity contribution >= 4 is 22.4 Å². The van der Waals surface area contributed by atoms with E-state index in [4.69, 9.17) is 0 Å². The highest BCUT2D eigenvalue weighted by molar-refractivity contribution is 5.91. The molecule has 130 valence electrons. The van der Waals surface area contributed by atoms with Crippen molar-refractivity contribution in [1.82, 2.24) is 15.0 Å². The highest BCUT2D eigenvalue weighted by Crippen LogP contribution is 2.28. The van der Waals surface area contributed by atoms with Gasteiger partial charge in [0, 0.05) is 29.0 Å². The van der Waals surface area contributed by atoms with E-state index in [0.717, 1.165) is 45.6 Å². The van der Waals surface area contributed by atoms with E-state index >= 15 is 0 Å². The first-order valence-electron chi connectivity index (χ1n) is 8.68. The van der Waals surface area contributed by atoms with Crippen LogP contribution in [0.2, 0.25) is 0 Å². The quantitative estimate of drug-likeness (QED) is 0.509. The molecule has 0 fully saturated rings. The number of fused-ring (bicyclic) bond motifs is 1. The Morgan fingerprint density at radius 3 is 2.81 bits per heavy atom. The zero-order chi connectivity index (χ0) is 18.1. The number of pyridine rings is 2. The molecule has 1 aromatic carbocycles. The number of nitrogens with one attached hydrogen (secondary N) is 3. The Bertz CT molecular complexity index is 1140. The van der Waals surface area contributed by atoms with Crippen LogP contribution in [0.3, 0.4) is 0 Å². The molecule has 5 heteroatoms. The number of hydrogen-bond acceptors (Lipinski definition) is 3. The van der Waals surface area contributed by atoms with Crippen molar-refractivity contribution in [2.24, 2.45) is 0 Å². The van der Waals surface area contributed by atoms with Gasteiger partial charge in [-0.3, -0.25) is 4.79 Å². The normalized spacial score (nSPS) is 11.0. The molecule has 5 nitrogen and oxygen atoms in total. The van der Waals surface area contributed by atoms with Crippen molar-refractivity contribution in [3.05, 3.63) is 76.5 Å². The van der Waals surface area contributed by atoms with E-state index in [2.05, 4.69) is 20.3 Å². The van der Waals surface area contributed by atoms with Crippen LogP contribution in [-0.4, -0.2) is 15.0 Å². The van der Waals surface area contributed by atoms with E-state index in [0.29, 0.717) is 5.56 Å². The third-order valence-electron chi connectivity index (χ3n) is 4.53. The topological polar surface area (TPSA) is 73.6 Å². The first-order chi connectivity index (χ1) is 12.7. The number of aryl methyl sites for hydroxylation is 2. The Morgan fingerprint density at radius 1 is 1.12 bits per heavy atom. The van der Waals surface area contributed by atoms with E-state index in [9.17, 15) is 4.79 Å². The Morgan fingerprint density at radius 2 is 2.00 bits per heavy atom. The summed E-state index contributed by atoms with van der Waals surface area (Å²) in [6, 6.07) is 13.8. The van der Waals surface area contributed by atoms with Gasteiger partial charge >= 0.3 is 0 Å². The van der Waals surface area contributed by atoms with Crippen LogP contribution in [0, 0.1) is 6.92 Å². The van der Waals surface area contributed by atoms with Crippen LogP contribution in [0.5, 0.6) is 0 Å². The summed E-state index contributed by atoms with van der Waals surface area (Å²) in [6.07, 6.45) is 4.36. The standard InChI is InChI=1S/C21H20N4O/c1-3-17-19(24-18-8-10-23-20-15(18)7-9-22-20)12-16(21(26)25-17)14-6-4-5-13(2)11-14/h4-12H,3H2,1-2H3,(H,25,26)(H2,22,23,24). The summed E-state index contributed by atoms with van der Waals surface area (Å²) in [6.45, 7) is 4.05. The number of hydrogen-bond donors (Lipinski definition) is 3. The van der Waals surface area contributed by atoms with Crippen LogP contribution in [0.15, 0.2) is 59.7 Å². The zero-order valence-corrected chi connectivity index (χ0v) is 14.8. The molecule has 3 aromatic heterocycles. The number of anilines is 2. The maximum absolute atomic E-state index is 12.6. The van der Waals surface area contributed by atoms with Gasteiger partial charge in [0.05, 0.1) is 11.4 Å². The lowest BCUT2D eigenvalue weighted by Crippen LogP contribution is -2.13. The summed E-state index contributed by atoms with van der Waals surface area (Å²) in [4.78, 5) is 23.1. The lowest BCUT2D eigenvalue weighted by Gasteiger charge is -2.14. The molecule has 0 aliphatic heterocycles.